The van der Waals surface area contributed by atoms with E-state index in [1.807, 2.05) is 0 Å². The Morgan fingerprint density at radius 2 is 1.76 bits per heavy atom. The van der Waals surface area contributed by atoms with E-state index in [2.05, 4.69) is 5.10 Å². The van der Waals surface area contributed by atoms with Crippen molar-refractivity contribution in [1.29, 1.82) is 0 Å². The SMILES string of the molecule is CC(C)(O)[C@H](O)COc1c(-c2ccc(S(C)(=O)=O)cc2)cnn(-c2ccc(Cl)c(Cl)c2)c1=O. The Labute approximate surface area is 200 Å². The minimum absolute atomic E-state index is 0.114. The van der Waals surface area contributed by atoms with Crippen molar-refractivity contribution in [3.05, 3.63) is 69.1 Å². The van der Waals surface area contributed by atoms with E-state index in [1.165, 1.54) is 56.4 Å². The number of halogens is 2. The van der Waals surface area contributed by atoms with Crippen LogP contribution in [-0.4, -0.2) is 53.0 Å². The average molecular weight is 513 g/mol. The minimum Gasteiger partial charge on any atom is -0.484 e. The smallest absolute Gasteiger partial charge is 0.314 e. The monoisotopic (exact) mass is 512 g/mol. The second kappa shape index (κ2) is 9.44. The largest absolute Gasteiger partial charge is 0.484 e. The van der Waals surface area contributed by atoms with E-state index in [-0.39, 0.29) is 27.8 Å². The fourth-order valence-corrected chi connectivity index (χ4v) is 3.75. The van der Waals surface area contributed by atoms with Crippen LogP contribution >= 0.6 is 23.2 Å². The normalized spacial score (nSPS) is 13.1. The van der Waals surface area contributed by atoms with Gasteiger partial charge in [-0.05, 0) is 49.7 Å². The number of nitrogens with zero attached hydrogens (tertiary/aromatic N) is 2. The van der Waals surface area contributed by atoms with Gasteiger partial charge in [0.1, 0.15) is 12.7 Å². The molecule has 0 spiro atoms. The first-order valence-electron chi connectivity index (χ1n) is 9.70. The molecule has 0 aliphatic heterocycles. The Kier molecular flexibility index (Phi) is 7.21. The topological polar surface area (TPSA) is 119 Å². The predicted molar refractivity (Wildman–Crippen MR) is 126 cm³/mol. The first-order valence-corrected chi connectivity index (χ1v) is 12.4. The van der Waals surface area contributed by atoms with Crippen LogP contribution in [0.5, 0.6) is 5.75 Å². The highest BCUT2D eigenvalue weighted by molar-refractivity contribution is 7.90. The second-order valence-electron chi connectivity index (χ2n) is 7.98. The summed E-state index contributed by atoms with van der Waals surface area (Å²) in [5.74, 6) is -0.147. The summed E-state index contributed by atoms with van der Waals surface area (Å²) in [5.41, 5.74) is -1.03. The quantitative estimate of drug-likeness (QED) is 0.498. The molecule has 2 aromatic carbocycles. The van der Waals surface area contributed by atoms with Crippen LogP contribution < -0.4 is 10.3 Å². The van der Waals surface area contributed by atoms with Crippen LogP contribution in [0.4, 0.5) is 0 Å². The van der Waals surface area contributed by atoms with Crippen molar-refractivity contribution in [3.63, 3.8) is 0 Å². The van der Waals surface area contributed by atoms with Crippen LogP contribution in [0.25, 0.3) is 16.8 Å². The van der Waals surface area contributed by atoms with Crippen LogP contribution in [0.3, 0.4) is 0 Å². The number of sulfone groups is 1. The molecule has 1 aromatic heterocycles. The van der Waals surface area contributed by atoms with Crippen LogP contribution in [0.2, 0.25) is 10.0 Å². The molecule has 0 aliphatic carbocycles. The van der Waals surface area contributed by atoms with Crippen molar-refractivity contribution in [2.75, 3.05) is 12.9 Å². The first-order chi connectivity index (χ1) is 15.3. The number of hydrogen-bond acceptors (Lipinski definition) is 7. The molecule has 0 unspecified atom stereocenters. The van der Waals surface area contributed by atoms with Gasteiger partial charge in [-0.15, -0.1) is 0 Å². The number of benzene rings is 2. The number of hydrogen-bond donors (Lipinski definition) is 2. The summed E-state index contributed by atoms with van der Waals surface area (Å²) < 4.78 is 30.2. The Bertz CT molecular complexity index is 1330. The van der Waals surface area contributed by atoms with E-state index in [9.17, 15) is 23.4 Å². The van der Waals surface area contributed by atoms with Crippen molar-refractivity contribution < 1.29 is 23.4 Å². The third kappa shape index (κ3) is 5.74. The molecule has 8 nitrogen and oxygen atoms in total. The second-order valence-corrected chi connectivity index (χ2v) is 10.8. The molecule has 0 fully saturated rings. The highest BCUT2D eigenvalue weighted by atomic mass is 35.5. The molecule has 0 amide bonds. The molecular formula is C22H22Cl2N2O6S. The lowest BCUT2D eigenvalue weighted by atomic mass is 10.0. The lowest BCUT2D eigenvalue weighted by Gasteiger charge is -2.24. The molecule has 11 heteroatoms. The van der Waals surface area contributed by atoms with Gasteiger partial charge in [0, 0.05) is 11.8 Å². The van der Waals surface area contributed by atoms with Crippen LogP contribution in [0.15, 0.2) is 58.4 Å². The zero-order chi connectivity index (χ0) is 24.6. The van der Waals surface area contributed by atoms with E-state index in [0.717, 1.165) is 10.9 Å². The molecule has 0 saturated heterocycles. The number of aliphatic hydroxyl groups is 2. The van der Waals surface area contributed by atoms with E-state index in [1.54, 1.807) is 6.07 Å². The summed E-state index contributed by atoms with van der Waals surface area (Å²) in [6, 6.07) is 10.4. The predicted octanol–water partition coefficient (Wildman–Crippen LogP) is 3.12. The molecule has 2 N–H and O–H groups in total. The lowest BCUT2D eigenvalue weighted by molar-refractivity contribution is -0.0663. The number of aromatic nitrogens is 2. The molecule has 0 bridgehead atoms. The zero-order valence-corrected chi connectivity index (χ0v) is 20.3. The Hall–Kier alpha value is -2.43. The molecule has 1 heterocycles. The van der Waals surface area contributed by atoms with Gasteiger partial charge < -0.3 is 14.9 Å². The Morgan fingerprint density at radius 3 is 2.30 bits per heavy atom. The Balaban J connectivity index is 2.13. The van der Waals surface area contributed by atoms with Gasteiger partial charge >= 0.3 is 5.56 Å². The molecule has 0 saturated carbocycles. The van der Waals surface area contributed by atoms with Crippen molar-refractivity contribution in [3.8, 4) is 22.6 Å². The average Bonchev–Trinajstić information content (AvgIpc) is 2.73. The summed E-state index contributed by atoms with van der Waals surface area (Å²) in [7, 11) is -3.41. The van der Waals surface area contributed by atoms with E-state index >= 15 is 0 Å². The van der Waals surface area contributed by atoms with E-state index in [0.29, 0.717) is 16.3 Å². The summed E-state index contributed by atoms with van der Waals surface area (Å²) in [4.78, 5) is 13.4. The van der Waals surface area contributed by atoms with Gasteiger partial charge in [-0.1, -0.05) is 35.3 Å². The maximum atomic E-state index is 13.3. The van der Waals surface area contributed by atoms with Gasteiger partial charge in [0.05, 0.1) is 32.4 Å². The van der Waals surface area contributed by atoms with Crippen molar-refractivity contribution in [2.45, 2.75) is 30.4 Å². The molecule has 0 radical (unpaired) electrons. The fraction of sp³-hybridized carbons (Fsp3) is 0.273. The van der Waals surface area contributed by atoms with E-state index < -0.39 is 27.1 Å². The van der Waals surface area contributed by atoms with Crippen molar-refractivity contribution >= 4 is 33.0 Å². The fourth-order valence-electron chi connectivity index (χ4n) is 2.83. The summed E-state index contributed by atoms with van der Waals surface area (Å²) >= 11 is 12.0. The van der Waals surface area contributed by atoms with Gasteiger partial charge in [-0.2, -0.15) is 9.78 Å². The van der Waals surface area contributed by atoms with Crippen LogP contribution in [0.1, 0.15) is 13.8 Å². The highest BCUT2D eigenvalue weighted by Gasteiger charge is 2.26. The number of aliphatic hydroxyl groups excluding tert-OH is 1. The Morgan fingerprint density at radius 1 is 1.12 bits per heavy atom. The van der Waals surface area contributed by atoms with Crippen molar-refractivity contribution in [1.82, 2.24) is 9.78 Å². The maximum absolute atomic E-state index is 13.3. The molecule has 176 valence electrons. The maximum Gasteiger partial charge on any atom is 0.314 e. The molecular weight excluding hydrogens is 491 g/mol. The van der Waals surface area contributed by atoms with Gasteiger partial charge in [-0.3, -0.25) is 4.79 Å². The number of ether oxygens (including phenoxy) is 1. The lowest BCUT2D eigenvalue weighted by Crippen LogP contribution is -2.40. The standard InChI is InChI=1S/C22H22Cl2N2O6S/c1-22(2,29)19(27)12-32-20-16(13-4-7-15(8-5-13)33(3,30)31)11-25-26(21(20)28)14-6-9-17(23)18(24)10-14/h4-11,19,27,29H,12H2,1-3H3/t19-/m1/s1. The van der Waals surface area contributed by atoms with Gasteiger partial charge in [0.2, 0.25) is 0 Å². The summed E-state index contributed by atoms with van der Waals surface area (Å²) in [6.45, 7) is 2.44. The number of rotatable bonds is 7. The molecule has 0 aliphatic rings. The van der Waals surface area contributed by atoms with E-state index in [4.69, 9.17) is 27.9 Å². The molecule has 1 atom stereocenters. The summed E-state index contributed by atoms with van der Waals surface area (Å²) in [6.07, 6.45) is 1.18. The summed E-state index contributed by atoms with van der Waals surface area (Å²) in [5, 5.41) is 24.9. The molecule has 3 rings (SSSR count). The zero-order valence-electron chi connectivity index (χ0n) is 18.0. The van der Waals surface area contributed by atoms with Gasteiger partial charge in [-0.25, -0.2) is 8.42 Å². The molecule has 3 aromatic rings. The van der Waals surface area contributed by atoms with Gasteiger partial charge in [0.15, 0.2) is 15.6 Å². The molecule has 33 heavy (non-hydrogen) atoms. The first kappa shape index (κ1) is 25.2. The van der Waals surface area contributed by atoms with Crippen LogP contribution in [-0.2, 0) is 9.84 Å². The highest BCUT2D eigenvalue weighted by Crippen LogP contribution is 2.29. The van der Waals surface area contributed by atoms with Crippen molar-refractivity contribution in [2.24, 2.45) is 0 Å². The van der Waals surface area contributed by atoms with Crippen LogP contribution in [0, 0.1) is 0 Å². The van der Waals surface area contributed by atoms with Gasteiger partial charge in [0.25, 0.3) is 0 Å². The third-order valence-electron chi connectivity index (χ3n) is 4.88. The minimum atomic E-state index is -3.41. The third-order valence-corrected chi connectivity index (χ3v) is 6.74.